The summed E-state index contributed by atoms with van der Waals surface area (Å²) in [5, 5.41) is 5.17. The van der Waals surface area contributed by atoms with Crippen molar-refractivity contribution in [1.82, 2.24) is 5.32 Å². The zero-order valence-corrected chi connectivity index (χ0v) is 8.68. The van der Waals surface area contributed by atoms with E-state index in [4.69, 9.17) is 5.73 Å². The maximum absolute atomic E-state index is 11.1. The number of rotatable bonds is 1. The number of carbonyl (C=O) groups is 1. The molecule has 2 atom stereocenters. The predicted molar refractivity (Wildman–Crippen MR) is 62.8 cm³/mol. The normalized spacial score (nSPS) is 23.9. The van der Waals surface area contributed by atoms with Crippen LogP contribution in [-0.4, -0.2) is 11.9 Å². The lowest BCUT2D eigenvalue weighted by molar-refractivity contribution is -0.130. The van der Waals surface area contributed by atoms with E-state index >= 15 is 0 Å². The molecule has 1 amide bonds. The van der Waals surface area contributed by atoms with Gasteiger partial charge in [-0.1, -0.05) is 42.5 Å². The number of benzene rings is 2. The van der Waals surface area contributed by atoms with Gasteiger partial charge in [-0.05, 0) is 16.3 Å². The maximum Gasteiger partial charge on any atom is 0.239 e. The van der Waals surface area contributed by atoms with E-state index in [9.17, 15) is 4.79 Å². The Hall–Kier alpha value is -1.87. The van der Waals surface area contributed by atoms with Crippen molar-refractivity contribution in [1.29, 1.82) is 0 Å². The molecule has 0 unspecified atom stereocenters. The number of nitrogens with one attached hydrogen (secondary N) is 1. The van der Waals surface area contributed by atoms with Crippen molar-refractivity contribution in [3.8, 4) is 0 Å². The first kappa shape index (κ1) is 9.36. The molecule has 3 rings (SSSR count). The molecule has 16 heavy (non-hydrogen) atoms. The molecule has 80 valence electrons. The van der Waals surface area contributed by atoms with Crippen molar-refractivity contribution < 1.29 is 4.79 Å². The molecule has 0 aliphatic carbocycles. The van der Waals surface area contributed by atoms with Gasteiger partial charge < -0.3 is 11.1 Å². The van der Waals surface area contributed by atoms with Crippen LogP contribution in [0.5, 0.6) is 0 Å². The molecule has 2 aromatic rings. The minimum absolute atomic E-state index is 0.0430. The van der Waals surface area contributed by atoms with E-state index in [1.165, 1.54) is 5.39 Å². The molecule has 3 nitrogen and oxygen atoms in total. The quantitative estimate of drug-likeness (QED) is 0.701. The van der Waals surface area contributed by atoms with Crippen molar-refractivity contribution in [2.24, 2.45) is 5.73 Å². The third kappa shape index (κ3) is 1.22. The molecule has 2 aromatic carbocycles. The largest absolute Gasteiger partial charge is 0.346 e. The predicted octanol–water partition coefficient (Wildman–Crippen LogP) is 1.34. The number of hydrogen-bond acceptors (Lipinski definition) is 2. The summed E-state index contributed by atoms with van der Waals surface area (Å²) in [6.45, 7) is 0. The van der Waals surface area contributed by atoms with Crippen LogP contribution in [0.2, 0.25) is 0 Å². The van der Waals surface area contributed by atoms with E-state index < -0.39 is 6.04 Å². The average Bonchev–Trinajstić information content (AvgIpc) is 2.35. The van der Waals surface area contributed by atoms with E-state index in [1.807, 2.05) is 24.3 Å². The Morgan fingerprint density at radius 1 is 1.06 bits per heavy atom. The van der Waals surface area contributed by atoms with Gasteiger partial charge in [0.15, 0.2) is 0 Å². The van der Waals surface area contributed by atoms with Gasteiger partial charge in [0.2, 0.25) is 5.91 Å². The number of β-lactam (4-membered cyclic amide) rings is 1. The minimum atomic E-state index is -0.411. The summed E-state index contributed by atoms with van der Waals surface area (Å²) in [5.74, 6) is -0.0714. The molecule has 0 radical (unpaired) electrons. The monoisotopic (exact) mass is 212 g/mol. The van der Waals surface area contributed by atoms with Gasteiger partial charge in [0, 0.05) is 0 Å². The van der Waals surface area contributed by atoms with E-state index in [2.05, 4.69) is 23.5 Å². The van der Waals surface area contributed by atoms with Crippen LogP contribution in [0, 0.1) is 0 Å². The van der Waals surface area contributed by atoms with Gasteiger partial charge in [0.05, 0.1) is 6.04 Å². The van der Waals surface area contributed by atoms with E-state index in [0.29, 0.717) is 0 Å². The summed E-state index contributed by atoms with van der Waals surface area (Å²) in [7, 11) is 0. The van der Waals surface area contributed by atoms with E-state index in [1.54, 1.807) is 0 Å². The summed E-state index contributed by atoms with van der Waals surface area (Å²) >= 11 is 0. The summed E-state index contributed by atoms with van der Waals surface area (Å²) in [6.07, 6.45) is 0. The lowest BCUT2D eigenvalue weighted by atomic mass is 9.89. The van der Waals surface area contributed by atoms with Crippen molar-refractivity contribution in [3.05, 3.63) is 48.0 Å². The van der Waals surface area contributed by atoms with Crippen LogP contribution >= 0.6 is 0 Å². The molecule has 3 N–H and O–H groups in total. The fourth-order valence-corrected chi connectivity index (χ4v) is 2.19. The number of carbonyl (C=O) groups excluding carboxylic acids is 1. The summed E-state index contributed by atoms with van der Waals surface area (Å²) in [4.78, 5) is 11.1. The van der Waals surface area contributed by atoms with Crippen molar-refractivity contribution >= 4 is 16.7 Å². The Morgan fingerprint density at radius 3 is 2.56 bits per heavy atom. The van der Waals surface area contributed by atoms with Crippen LogP contribution in [0.4, 0.5) is 0 Å². The highest BCUT2D eigenvalue weighted by molar-refractivity contribution is 5.93. The van der Waals surface area contributed by atoms with Gasteiger partial charge >= 0.3 is 0 Å². The van der Waals surface area contributed by atoms with Gasteiger partial charge in [-0.25, -0.2) is 0 Å². The molecule has 0 aromatic heterocycles. The topological polar surface area (TPSA) is 55.1 Å². The Kier molecular flexibility index (Phi) is 1.94. The maximum atomic E-state index is 11.1. The van der Waals surface area contributed by atoms with Crippen molar-refractivity contribution in [2.75, 3.05) is 0 Å². The smallest absolute Gasteiger partial charge is 0.239 e. The Morgan fingerprint density at radius 2 is 1.81 bits per heavy atom. The highest BCUT2D eigenvalue weighted by Gasteiger charge is 2.37. The van der Waals surface area contributed by atoms with Gasteiger partial charge in [0.1, 0.15) is 6.04 Å². The first-order valence-electron chi connectivity index (χ1n) is 5.31. The Balaban J connectivity index is 2.14. The van der Waals surface area contributed by atoms with Crippen LogP contribution in [0.1, 0.15) is 11.6 Å². The van der Waals surface area contributed by atoms with E-state index in [-0.39, 0.29) is 11.9 Å². The van der Waals surface area contributed by atoms with Gasteiger partial charge in [0.25, 0.3) is 0 Å². The fourth-order valence-electron chi connectivity index (χ4n) is 2.19. The molecule has 0 saturated carbocycles. The van der Waals surface area contributed by atoms with Crippen molar-refractivity contribution in [2.45, 2.75) is 12.1 Å². The summed E-state index contributed by atoms with van der Waals surface area (Å²) in [5.41, 5.74) is 6.88. The third-order valence-corrected chi connectivity index (χ3v) is 3.12. The van der Waals surface area contributed by atoms with Crippen LogP contribution < -0.4 is 11.1 Å². The molecule has 0 spiro atoms. The van der Waals surface area contributed by atoms with Gasteiger partial charge in [-0.2, -0.15) is 0 Å². The lowest BCUT2D eigenvalue weighted by Crippen LogP contribution is -2.60. The molecule has 1 aliphatic heterocycles. The molecule has 1 aliphatic rings. The molecular formula is C13H12N2O. The molecule has 0 bridgehead atoms. The molecule has 1 saturated heterocycles. The van der Waals surface area contributed by atoms with Crippen LogP contribution in [0.15, 0.2) is 42.5 Å². The fraction of sp³-hybridized carbons (Fsp3) is 0.154. The zero-order chi connectivity index (χ0) is 11.1. The second-order valence-electron chi connectivity index (χ2n) is 4.08. The third-order valence-electron chi connectivity index (χ3n) is 3.12. The van der Waals surface area contributed by atoms with Gasteiger partial charge in [-0.3, -0.25) is 4.79 Å². The summed E-state index contributed by atoms with van der Waals surface area (Å²) < 4.78 is 0. The highest BCUT2D eigenvalue weighted by atomic mass is 16.2. The average molecular weight is 212 g/mol. The minimum Gasteiger partial charge on any atom is -0.346 e. The SMILES string of the molecule is N[C@H]1C(=O)N[C@H]1c1cccc2ccccc12. The zero-order valence-electron chi connectivity index (χ0n) is 8.68. The second kappa shape index (κ2) is 3.32. The second-order valence-corrected chi connectivity index (χ2v) is 4.08. The molecule has 1 fully saturated rings. The Bertz CT molecular complexity index is 559. The number of amides is 1. The standard InChI is InChI=1S/C13H12N2O/c14-11-12(15-13(11)16)10-7-3-5-8-4-1-2-6-9(8)10/h1-7,11-12H,14H2,(H,15,16)/t11-,12+/m1/s1. The number of fused-ring (bicyclic) bond motifs is 1. The van der Waals surface area contributed by atoms with Crippen LogP contribution in [0.3, 0.4) is 0 Å². The summed E-state index contributed by atoms with van der Waals surface area (Å²) in [6, 6.07) is 13.7. The number of hydrogen-bond donors (Lipinski definition) is 2. The molecule has 1 heterocycles. The van der Waals surface area contributed by atoms with Crippen LogP contribution in [0.25, 0.3) is 10.8 Å². The van der Waals surface area contributed by atoms with Crippen LogP contribution in [-0.2, 0) is 4.79 Å². The molecular weight excluding hydrogens is 200 g/mol. The lowest BCUT2D eigenvalue weighted by Gasteiger charge is -2.34. The first-order valence-corrected chi connectivity index (χ1v) is 5.31. The Labute approximate surface area is 93.3 Å². The van der Waals surface area contributed by atoms with Crippen molar-refractivity contribution in [3.63, 3.8) is 0 Å². The first-order chi connectivity index (χ1) is 7.77. The van der Waals surface area contributed by atoms with E-state index in [0.717, 1.165) is 10.9 Å². The van der Waals surface area contributed by atoms with Gasteiger partial charge in [-0.15, -0.1) is 0 Å². The highest BCUT2D eigenvalue weighted by Crippen LogP contribution is 2.29. The number of nitrogens with two attached hydrogens (primary N) is 1. The molecule has 3 heteroatoms.